The number of nitrogens with one attached hydrogen (secondary N) is 1. The number of Topliss-reactive ketones (excluding diaryl/α,β-unsaturated/α-hetero) is 1. The summed E-state index contributed by atoms with van der Waals surface area (Å²) in [5, 5.41) is 11.7. The summed E-state index contributed by atoms with van der Waals surface area (Å²) in [5.74, 6) is -2.55. The molecule has 0 unspecified atom stereocenters. The van der Waals surface area contributed by atoms with E-state index in [1.54, 1.807) is 24.3 Å². The molecular formula is C20H20N2O6. The third kappa shape index (κ3) is 5.01. The number of anilines is 1. The lowest BCUT2D eigenvalue weighted by molar-refractivity contribution is -0.137. The lowest BCUT2D eigenvalue weighted by Crippen LogP contribution is -2.26. The van der Waals surface area contributed by atoms with Crippen molar-refractivity contribution in [1.82, 2.24) is 0 Å². The maximum Gasteiger partial charge on any atom is 0.339 e. The highest BCUT2D eigenvalue weighted by Gasteiger charge is 2.23. The Kier molecular flexibility index (Phi) is 7.00. The van der Waals surface area contributed by atoms with Crippen LogP contribution in [0.25, 0.3) is 0 Å². The summed E-state index contributed by atoms with van der Waals surface area (Å²) in [6.45, 7) is 0.961. The maximum atomic E-state index is 12.6. The molecule has 2 aromatic carbocycles. The van der Waals surface area contributed by atoms with E-state index in [1.165, 1.54) is 19.1 Å². The lowest BCUT2D eigenvalue weighted by Gasteiger charge is -2.16. The Bertz CT molecular complexity index is 895. The van der Waals surface area contributed by atoms with Gasteiger partial charge in [0.2, 0.25) is 0 Å². The predicted molar refractivity (Wildman–Crippen MR) is 101 cm³/mol. The number of rotatable bonds is 9. The molecule has 0 aromatic heterocycles. The fourth-order valence-corrected chi connectivity index (χ4v) is 2.53. The van der Waals surface area contributed by atoms with Gasteiger partial charge in [0.05, 0.1) is 12.1 Å². The van der Waals surface area contributed by atoms with Gasteiger partial charge in [0.25, 0.3) is 0 Å². The van der Waals surface area contributed by atoms with Gasteiger partial charge in [-0.25, -0.2) is 4.79 Å². The molecule has 8 nitrogen and oxygen atoms in total. The minimum Gasteiger partial charge on any atom is -0.480 e. The monoisotopic (exact) mass is 384 g/mol. The molecule has 146 valence electrons. The Hall–Kier alpha value is -3.52. The summed E-state index contributed by atoms with van der Waals surface area (Å²) in [6.07, 6.45) is 0.410. The summed E-state index contributed by atoms with van der Waals surface area (Å²) >= 11 is 0. The first-order valence-corrected chi connectivity index (χ1v) is 8.44. The third-order valence-electron chi connectivity index (χ3n) is 3.95. The molecule has 4 N–H and O–H groups in total. The van der Waals surface area contributed by atoms with Gasteiger partial charge in [0.15, 0.2) is 12.1 Å². The molecule has 0 aliphatic heterocycles. The molecule has 8 heteroatoms. The first-order chi connectivity index (χ1) is 13.4. The molecular weight excluding hydrogens is 364 g/mol. The van der Waals surface area contributed by atoms with E-state index >= 15 is 0 Å². The molecule has 2 aromatic rings. The first-order valence-electron chi connectivity index (χ1n) is 8.44. The van der Waals surface area contributed by atoms with E-state index < -0.39 is 30.3 Å². The topological polar surface area (TPSA) is 136 Å². The van der Waals surface area contributed by atoms with Crippen LogP contribution in [0.3, 0.4) is 0 Å². The average molecular weight is 384 g/mol. The quantitative estimate of drug-likeness (QED) is 0.339. The molecule has 0 radical (unpaired) electrons. The molecule has 1 atom stereocenters. The van der Waals surface area contributed by atoms with Gasteiger partial charge in [-0.1, -0.05) is 30.3 Å². The van der Waals surface area contributed by atoms with Crippen LogP contribution in [-0.2, 0) is 16.1 Å². The molecule has 0 saturated heterocycles. The van der Waals surface area contributed by atoms with Gasteiger partial charge in [0.1, 0.15) is 12.6 Å². The van der Waals surface area contributed by atoms with Crippen LogP contribution < -0.4 is 11.1 Å². The highest BCUT2D eigenvalue weighted by atomic mass is 16.5. The summed E-state index contributed by atoms with van der Waals surface area (Å²) in [6, 6.07) is 10.5. The number of esters is 1. The lowest BCUT2D eigenvalue weighted by atomic mass is 9.96. The molecule has 0 bridgehead atoms. The molecule has 2 rings (SSSR count). The number of nitrogens with two attached hydrogens (primary N) is 1. The van der Waals surface area contributed by atoms with Crippen molar-refractivity contribution in [2.45, 2.75) is 19.6 Å². The second kappa shape index (κ2) is 9.43. The standard InChI is InChI=1S/C20H20N2O6/c1-12(19(25)26)22-15-7-14(10-23)18(17(24)9-21)16(8-15)20(27)28-11-13-5-3-2-4-6-13/h2-8,10,12,22H,9,11,21H2,1H3,(H,25,26)/t12-/m0/s1. The maximum absolute atomic E-state index is 12.6. The number of carbonyl (C=O) groups is 4. The number of aliphatic carboxylic acids is 1. The van der Waals surface area contributed by atoms with Gasteiger partial charge < -0.3 is 20.9 Å². The number of carboxylic acids is 1. The van der Waals surface area contributed by atoms with Crippen molar-refractivity contribution in [1.29, 1.82) is 0 Å². The number of benzene rings is 2. The third-order valence-corrected chi connectivity index (χ3v) is 3.95. The van der Waals surface area contributed by atoms with Crippen LogP contribution in [0.4, 0.5) is 5.69 Å². The SMILES string of the molecule is C[C@H](Nc1cc(C=O)c(C(=O)CN)c(C(=O)OCc2ccccc2)c1)C(=O)O. The molecule has 0 spiro atoms. The van der Waals surface area contributed by atoms with Crippen molar-refractivity contribution in [2.75, 3.05) is 11.9 Å². The molecule has 28 heavy (non-hydrogen) atoms. The van der Waals surface area contributed by atoms with Crippen LogP contribution in [0.1, 0.15) is 43.6 Å². The van der Waals surface area contributed by atoms with Crippen molar-refractivity contribution in [3.8, 4) is 0 Å². The Labute approximate surface area is 161 Å². The minimum absolute atomic E-state index is 0.0322. The zero-order valence-electron chi connectivity index (χ0n) is 15.2. The van der Waals surface area contributed by atoms with Gasteiger partial charge in [-0.05, 0) is 24.6 Å². The average Bonchev–Trinajstić information content (AvgIpc) is 2.71. The van der Waals surface area contributed by atoms with E-state index in [4.69, 9.17) is 15.6 Å². The number of carbonyl (C=O) groups excluding carboxylic acids is 3. The Morgan fingerprint density at radius 3 is 2.46 bits per heavy atom. The van der Waals surface area contributed by atoms with Gasteiger partial charge in [-0.2, -0.15) is 0 Å². The van der Waals surface area contributed by atoms with Gasteiger partial charge in [0, 0.05) is 16.8 Å². The van der Waals surface area contributed by atoms with Gasteiger partial charge in [-0.15, -0.1) is 0 Å². The Morgan fingerprint density at radius 1 is 1.21 bits per heavy atom. The smallest absolute Gasteiger partial charge is 0.339 e. The fourth-order valence-electron chi connectivity index (χ4n) is 2.53. The van der Waals surface area contributed by atoms with Crippen molar-refractivity contribution in [2.24, 2.45) is 5.73 Å². The second-order valence-corrected chi connectivity index (χ2v) is 6.00. The number of hydrogen-bond donors (Lipinski definition) is 3. The number of hydrogen-bond acceptors (Lipinski definition) is 7. The zero-order valence-corrected chi connectivity index (χ0v) is 15.2. The van der Waals surface area contributed by atoms with Crippen molar-refractivity contribution < 1.29 is 29.0 Å². The minimum atomic E-state index is -1.12. The molecule has 0 saturated carbocycles. The predicted octanol–water partition coefficient (Wildman–Crippen LogP) is 1.88. The van der Waals surface area contributed by atoms with E-state index in [-0.39, 0.29) is 29.0 Å². The summed E-state index contributed by atoms with van der Waals surface area (Å²) in [4.78, 5) is 47.4. The molecule has 0 amide bonds. The molecule has 0 aliphatic carbocycles. The summed E-state index contributed by atoms with van der Waals surface area (Å²) in [7, 11) is 0. The summed E-state index contributed by atoms with van der Waals surface area (Å²) < 4.78 is 5.26. The van der Waals surface area contributed by atoms with Gasteiger partial charge >= 0.3 is 11.9 Å². The highest BCUT2D eigenvalue weighted by Crippen LogP contribution is 2.23. The van der Waals surface area contributed by atoms with Gasteiger partial charge in [-0.3, -0.25) is 14.4 Å². The van der Waals surface area contributed by atoms with E-state index in [9.17, 15) is 19.2 Å². The number of ether oxygens (including phenoxy) is 1. The van der Waals surface area contributed by atoms with Crippen molar-refractivity contribution >= 4 is 29.7 Å². The van der Waals surface area contributed by atoms with E-state index in [0.29, 0.717) is 6.29 Å². The van der Waals surface area contributed by atoms with Crippen molar-refractivity contribution in [3.63, 3.8) is 0 Å². The van der Waals surface area contributed by atoms with Crippen molar-refractivity contribution in [3.05, 3.63) is 64.7 Å². The number of carboxylic acid groups (broad SMARTS) is 1. The van der Waals surface area contributed by atoms with Crippen LogP contribution in [0.2, 0.25) is 0 Å². The normalized spacial score (nSPS) is 11.4. The Balaban J connectivity index is 2.41. The first kappa shape index (κ1) is 20.8. The van der Waals surface area contributed by atoms with E-state index in [1.807, 2.05) is 6.07 Å². The highest BCUT2D eigenvalue weighted by molar-refractivity contribution is 6.12. The van der Waals surface area contributed by atoms with Crippen LogP contribution in [-0.4, -0.2) is 41.7 Å². The largest absolute Gasteiger partial charge is 0.480 e. The molecule has 0 fully saturated rings. The number of aldehydes is 1. The second-order valence-electron chi connectivity index (χ2n) is 6.00. The van der Waals surface area contributed by atoms with Crippen LogP contribution in [0.5, 0.6) is 0 Å². The zero-order chi connectivity index (χ0) is 20.7. The van der Waals surface area contributed by atoms with Crippen LogP contribution >= 0.6 is 0 Å². The van der Waals surface area contributed by atoms with E-state index in [2.05, 4.69) is 5.32 Å². The fraction of sp³-hybridized carbons (Fsp3) is 0.200. The Morgan fingerprint density at radius 2 is 1.89 bits per heavy atom. The summed E-state index contributed by atoms with van der Waals surface area (Å²) in [5.41, 5.74) is 5.96. The molecule has 0 heterocycles. The van der Waals surface area contributed by atoms with Crippen LogP contribution in [0.15, 0.2) is 42.5 Å². The molecule has 0 aliphatic rings. The number of ketones is 1. The van der Waals surface area contributed by atoms with Crippen LogP contribution in [0, 0.1) is 0 Å². The van der Waals surface area contributed by atoms with E-state index in [0.717, 1.165) is 5.56 Å².